The lowest BCUT2D eigenvalue weighted by molar-refractivity contribution is -0.394. The van der Waals surface area contributed by atoms with E-state index in [0.29, 0.717) is 5.69 Å². The van der Waals surface area contributed by atoms with Crippen molar-refractivity contribution in [2.45, 2.75) is 26.3 Å². The van der Waals surface area contributed by atoms with Gasteiger partial charge in [0.15, 0.2) is 0 Å². The summed E-state index contributed by atoms with van der Waals surface area (Å²) in [5.41, 5.74) is -2.51. The molecule has 11 heteroatoms. The second-order valence-corrected chi connectivity index (χ2v) is 6.07. The molecule has 0 aliphatic heterocycles. The Hall–Kier alpha value is -3.63. The highest BCUT2D eigenvalue weighted by atomic mass is 16.6. The molecule has 26 heavy (non-hydrogen) atoms. The van der Waals surface area contributed by atoms with Crippen LogP contribution in [0.4, 0.5) is 11.4 Å². The molecule has 2 N–H and O–H groups in total. The van der Waals surface area contributed by atoms with E-state index in [9.17, 15) is 29.8 Å². The number of nitrogens with one attached hydrogen (secondary N) is 2. The first-order chi connectivity index (χ1) is 12.0. The van der Waals surface area contributed by atoms with Gasteiger partial charge in [-0.05, 0) is 20.8 Å². The highest BCUT2D eigenvalue weighted by molar-refractivity contribution is 5.96. The molecule has 1 aromatic heterocycles. The van der Waals surface area contributed by atoms with E-state index in [1.54, 1.807) is 20.8 Å². The number of aromatic amines is 1. The minimum atomic E-state index is -1.14. The summed E-state index contributed by atoms with van der Waals surface area (Å²) in [6, 6.07) is 3.92. The van der Waals surface area contributed by atoms with E-state index in [2.05, 4.69) is 15.3 Å². The average molecular weight is 361 g/mol. The van der Waals surface area contributed by atoms with Crippen molar-refractivity contribution in [1.82, 2.24) is 15.3 Å². The highest BCUT2D eigenvalue weighted by Crippen LogP contribution is 2.24. The quantitative estimate of drug-likeness (QED) is 0.603. The van der Waals surface area contributed by atoms with Gasteiger partial charge in [0.1, 0.15) is 5.82 Å². The topological polar surface area (TPSA) is 161 Å². The first-order valence-electron chi connectivity index (χ1n) is 7.34. The molecule has 0 fully saturated rings. The highest BCUT2D eigenvalue weighted by Gasteiger charge is 2.28. The van der Waals surface area contributed by atoms with E-state index in [1.165, 1.54) is 6.07 Å². The third-order valence-corrected chi connectivity index (χ3v) is 3.47. The molecule has 11 nitrogen and oxygen atoms in total. The van der Waals surface area contributed by atoms with Crippen molar-refractivity contribution in [3.8, 4) is 0 Å². The molecule has 2 aromatic rings. The normalized spacial score (nSPS) is 11.0. The van der Waals surface area contributed by atoms with Crippen molar-refractivity contribution in [1.29, 1.82) is 0 Å². The molecule has 0 radical (unpaired) electrons. The number of nitrogens with zero attached hydrogens (tertiary/aromatic N) is 3. The minimum absolute atomic E-state index is 0.177. The molecule has 0 aliphatic rings. The van der Waals surface area contributed by atoms with Crippen molar-refractivity contribution in [3.05, 3.63) is 71.9 Å². The van der Waals surface area contributed by atoms with Crippen LogP contribution in [0.3, 0.4) is 0 Å². The summed E-state index contributed by atoms with van der Waals surface area (Å²) in [4.78, 5) is 51.0. The second-order valence-electron chi connectivity index (χ2n) is 6.07. The maximum atomic E-state index is 12.5. The van der Waals surface area contributed by atoms with E-state index in [0.717, 1.165) is 18.2 Å². The third kappa shape index (κ3) is 4.06. The van der Waals surface area contributed by atoms with Gasteiger partial charge in [-0.1, -0.05) is 0 Å². The lowest BCUT2D eigenvalue weighted by atomic mass is 10.0. The number of rotatable bonds is 5. The molecular formula is C15H15N5O6. The number of amides is 1. The van der Waals surface area contributed by atoms with E-state index < -0.39 is 38.2 Å². The van der Waals surface area contributed by atoms with Crippen LogP contribution in [0.2, 0.25) is 0 Å². The number of hydrogen-bond donors (Lipinski definition) is 2. The fourth-order valence-electron chi connectivity index (χ4n) is 2.23. The minimum Gasteiger partial charge on any atom is -0.340 e. The second kappa shape index (κ2) is 6.70. The van der Waals surface area contributed by atoms with Gasteiger partial charge >= 0.3 is 0 Å². The van der Waals surface area contributed by atoms with Crippen molar-refractivity contribution in [3.63, 3.8) is 0 Å². The van der Waals surface area contributed by atoms with Gasteiger partial charge in [0.25, 0.3) is 22.8 Å². The van der Waals surface area contributed by atoms with Gasteiger partial charge in [0, 0.05) is 23.9 Å². The lowest BCUT2D eigenvalue weighted by Crippen LogP contribution is -2.43. The Balaban J connectivity index is 2.41. The molecule has 1 aromatic carbocycles. The summed E-state index contributed by atoms with van der Waals surface area (Å²) < 4.78 is 0. The molecule has 1 amide bonds. The zero-order valence-corrected chi connectivity index (χ0v) is 14.1. The average Bonchev–Trinajstić information content (AvgIpc) is 2.53. The summed E-state index contributed by atoms with van der Waals surface area (Å²) in [5, 5.41) is 24.4. The first kappa shape index (κ1) is 18.7. The van der Waals surface area contributed by atoms with Crippen LogP contribution in [0.25, 0.3) is 0 Å². The largest absolute Gasteiger partial charge is 0.340 e. The Morgan fingerprint density at radius 1 is 1.12 bits per heavy atom. The summed E-state index contributed by atoms with van der Waals surface area (Å²) in [6.45, 7) is 4.74. The summed E-state index contributed by atoms with van der Waals surface area (Å²) in [5.74, 6) is -0.610. The Kier molecular flexibility index (Phi) is 4.82. The number of hydrogen-bond acceptors (Lipinski definition) is 7. The maximum absolute atomic E-state index is 12.5. The zero-order chi connectivity index (χ0) is 19.6. The Bertz CT molecular complexity index is 933. The van der Waals surface area contributed by atoms with Crippen LogP contribution in [0.5, 0.6) is 0 Å². The molecule has 0 aliphatic carbocycles. The van der Waals surface area contributed by atoms with E-state index >= 15 is 0 Å². The van der Waals surface area contributed by atoms with Crippen LogP contribution < -0.4 is 10.9 Å². The van der Waals surface area contributed by atoms with Crippen LogP contribution in [-0.4, -0.2) is 25.7 Å². The maximum Gasteiger partial charge on any atom is 0.277 e. The van der Waals surface area contributed by atoms with Crippen LogP contribution in [0.15, 0.2) is 29.1 Å². The monoisotopic (exact) mass is 361 g/mol. The van der Waals surface area contributed by atoms with Gasteiger partial charge in [0.2, 0.25) is 0 Å². The number of benzene rings is 1. The Labute approximate surface area is 146 Å². The SMILES string of the molecule is Cc1cc(=O)[nH]c(C(C)(C)NC(=O)c2cc([N+](=O)[O-])cc([N+](=O)[O-])c2)n1. The molecule has 0 saturated heterocycles. The fourth-order valence-corrected chi connectivity index (χ4v) is 2.23. The van der Waals surface area contributed by atoms with Gasteiger partial charge in [-0.3, -0.25) is 29.8 Å². The van der Waals surface area contributed by atoms with Crippen molar-refractivity contribution >= 4 is 17.3 Å². The number of carbonyl (C=O) groups is 1. The molecular weight excluding hydrogens is 346 g/mol. The van der Waals surface area contributed by atoms with Crippen molar-refractivity contribution in [2.75, 3.05) is 0 Å². The number of non-ortho nitro benzene ring substituents is 2. The Morgan fingerprint density at radius 3 is 2.12 bits per heavy atom. The predicted octanol–water partition coefficient (Wildman–Crippen LogP) is 1.56. The molecule has 2 rings (SSSR count). The molecule has 0 unspecified atom stereocenters. The first-order valence-corrected chi connectivity index (χ1v) is 7.34. The van der Waals surface area contributed by atoms with Crippen molar-refractivity contribution < 1.29 is 14.6 Å². The van der Waals surface area contributed by atoms with Crippen LogP contribution in [0.1, 0.15) is 35.7 Å². The number of aryl methyl sites for hydroxylation is 1. The van der Waals surface area contributed by atoms with Crippen LogP contribution in [-0.2, 0) is 5.54 Å². The van der Waals surface area contributed by atoms with Gasteiger partial charge in [-0.15, -0.1) is 0 Å². The summed E-state index contributed by atoms with van der Waals surface area (Å²) in [7, 11) is 0. The van der Waals surface area contributed by atoms with Crippen LogP contribution >= 0.6 is 0 Å². The summed E-state index contributed by atoms with van der Waals surface area (Å²) >= 11 is 0. The number of carbonyl (C=O) groups excluding carboxylic acids is 1. The van der Waals surface area contributed by atoms with E-state index in [1.807, 2.05) is 0 Å². The third-order valence-electron chi connectivity index (χ3n) is 3.47. The number of nitro benzene ring substituents is 2. The smallest absolute Gasteiger partial charge is 0.277 e. The molecule has 0 saturated carbocycles. The predicted molar refractivity (Wildman–Crippen MR) is 89.8 cm³/mol. The molecule has 0 spiro atoms. The van der Waals surface area contributed by atoms with Crippen molar-refractivity contribution in [2.24, 2.45) is 0 Å². The van der Waals surface area contributed by atoms with Gasteiger partial charge < -0.3 is 10.3 Å². The zero-order valence-electron chi connectivity index (χ0n) is 14.1. The summed E-state index contributed by atoms with van der Waals surface area (Å²) in [6.07, 6.45) is 0. The number of H-pyrrole nitrogens is 1. The van der Waals surface area contributed by atoms with Crippen LogP contribution in [0, 0.1) is 27.2 Å². The number of nitro groups is 2. The van der Waals surface area contributed by atoms with Gasteiger partial charge in [0.05, 0.1) is 27.0 Å². The molecule has 1 heterocycles. The Morgan fingerprint density at radius 2 is 1.65 bits per heavy atom. The van der Waals surface area contributed by atoms with Gasteiger partial charge in [-0.25, -0.2) is 4.98 Å². The van der Waals surface area contributed by atoms with Gasteiger partial charge in [-0.2, -0.15) is 0 Å². The standard InChI is InChI=1S/C15H15N5O6/c1-8-4-12(21)17-14(16-8)15(2,3)18-13(22)9-5-10(19(23)24)7-11(6-9)20(25)26/h4-7H,1-3H3,(H,18,22)(H,16,17,21). The molecule has 0 bridgehead atoms. The van der Waals surface area contributed by atoms with E-state index in [-0.39, 0.29) is 11.4 Å². The van der Waals surface area contributed by atoms with E-state index in [4.69, 9.17) is 0 Å². The molecule has 0 atom stereocenters. The number of aromatic nitrogens is 2. The lowest BCUT2D eigenvalue weighted by Gasteiger charge is -2.25. The molecule has 136 valence electrons. The fraction of sp³-hybridized carbons (Fsp3) is 0.267.